The first-order valence-electron chi connectivity index (χ1n) is 10.2. The number of thiophene rings is 1. The number of fused-ring (bicyclic) bond motifs is 4. The molecule has 1 aliphatic carbocycles. The second kappa shape index (κ2) is 8.22. The van der Waals surface area contributed by atoms with Crippen molar-refractivity contribution in [3.63, 3.8) is 0 Å². The van der Waals surface area contributed by atoms with E-state index in [1.807, 2.05) is 0 Å². The second-order valence-corrected chi connectivity index (χ2v) is 9.59. The Kier molecular flexibility index (Phi) is 5.41. The minimum Gasteiger partial charge on any atom is -0.383 e. The summed E-state index contributed by atoms with van der Waals surface area (Å²) >= 11 is 2.83. The average molecular weight is 456 g/mol. The number of nitrogens with zero attached hydrogens (tertiary/aromatic N) is 3. The van der Waals surface area contributed by atoms with Crippen LogP contribution >= 0.6 is 23.1 Å². The number of carbonyl (C=O) groups is 2. The Hall–Kier alpha value is -2.49. The SMILES string of the molecule is COCCn1c(SCN2C(=O)c3ccccc3C2=O)nc2sc3c(c2c1=O)CCCC3. The summed E-state index contributed by atoms with van der Waals surface area (Å²) in [5, 5.41) is 1.23. The molecule has 0 fully saturated rings. The first kappa shape index (κ1) is 20.4. The van der Waals surface area contributed by atoms with Gasteiger partial charge >= 0.3 is 0 Å². The molecule has 0 atom stereocenters. The van der Waals surface area contributed by atoms with Crippen molar-refractivity contribution < 1.29 is 14.3 Å². The van der Waals surface area contributed by atoms with E-state index in [1.54, 1.807) is 47.3 Å². The maximum atomic E-state index is 13.4. The summed E-state index contributed by atoms with van der Waals surface area (Å²) < 4.78 is 6.82. The Morgan fingerprint density at radius 1 is 1.10 bits per heavy atom. The molecule has 9 heteroatoms. The molecule has 7 nitrogen and oxygen atoms in total. The number of thioether (sulfide) groups is 1. The predicted octanol–water partition coefficient (Wildman–Crippen LogP) is 3.33. The fourth-order valence-corrected chi connectivity index (χ4v) is 6.46. The molecule has 1 aliphatic heterocycles. The van der Waals surface area contributed by atoms with E-state index < -0.39 is 0 Å². The van der Waals surface area contributed by atoms with E-state index in [1.165, 1.54) is 21.5 Å². The molecule has 0 unspecified atom stereocenters. The largest absolute Gasteiger partial charge is 0.383 e. The lowest BCUT2D eigenvalue weighted by Crippen LogP contribution is -2.30. The Morgan fingerprint density at radius 3 is 2.52 bits per heavy atom. The van der Waals surface area contributed by atoms with Crippen LogP contribution in [-0.4, -0.2) is 45.9 Å². The number of amides is 2. The zero-order chi connectivity index (χ0) is 21.5. The lowest BCUT2D eigenvalue weighted by molar-refractivity contribution is 0.0684. The minimum absolute atomic E-state index is 0.0636. The first-order valence-corrected chi connectivity index (χ1v) is 12.0. The lowest BCUT2D eigenvalue weighted by Gasteiger charge is -2.16. The van der Waals surface area contributed by atoms with E-state index in [-0.39, 0.29) is 23.3 Å². The van der Waals surface area contributed by atoms with Gasteiger partial charge in [0.25, 0.3) is 17.4 Å². The molecule has 3 heterocycles. The molecule has 3 aromatic rings. The number of carbonyl (C=O) groups excluding carboxylic acids is 2. The third-order valence-corrected chi connectivity index (χ3v) is 7.90. The van der Waals surface area contributed by atoms with Crippen LogP contribution < -0.4 is 5.56 Å². The Morgan fingerprint density at radius 2 is 1.81 bits per heavy atom. The van der Waals surface area contributed by atoms with E-state index in [0.717, 1.165) is 41.5 Å². The molecule has 160 valence electrons. The molecule has 0 N–H and O–H groups in total. The number of aryl methyl sites for hydroxylation is 2. The zero-order valence-electron chi connectivity index (χ0n) is 17.1. The van der Waals surface area contributed by atoms with Crippen LogP contribution in [0.5, 0.6) is 0 Å². The van der Waals surface area contributed by atoms with Crippen LogP contribution in [0.1, 0.15) is 44.0 Å². The highest BCUT2D eigenvalue weighted by Gasteiger charge is 2.35. The zero-order valence-corrected chi connectivity index (χ0v) is 18.7. The van der Waals surface area contributed by atoms with Crippen LogP contribution in [0.15, 0.2) is 34.2 Å². The van der Waals surface area contributed by atoms with E-state index >= 15 is 0 Å². The van der Waals surface area contributed by atoms with Crippen molar-refractivity contribution in [3.05, 3.63) is 56.2 Å². The van der Waals surface area contributed by atoms with Gasteiger partial charge in [-0.2, -0.15) is 0 Å². The standard InChI is InChI=1S/C22H21N3O4S2/c1-29-11-10-24-21(28)17-15-8-4-5-9-16(15)31-18(17)23-22(24)30-12-25-19(26)13-6-2-3-7-14(13)20(25)27/h2-3,6-7H,4-5,8-12H2,1H3. The van der Waals surface area contributed by atoms with E-state index in [9.17, 15) is 14.4 Å². The molecule has 1 aromatic carbocycles. The van der Waals surface area contributed by atoms with Crippen molar-refractivity contribution in [2.45, 2.75) is 37.4 Å². The van der Waals surface area contributed by atoms with Crippen LogP contribution in [0.4, 0.5) is 0 Å². The number of rotatable bonds is 6. The molecule has 0 saturated carbocycles. The van der Waals surface area contributed by atoms with Gasteiger partial charge in [0, 0.05) is 12.0 Å². The first-order chi connectivity index (χ1) is 15.1. The Labute approximate surface area is 187 Å². The number of hydrogen-bond donors (Lipinski definition) is 0. The number of methoxy groups -OCH3 is 1. The maximum Gasteiger partial charge on any atom is 0.263 e. The number of hydrogen-bond acceptors (Lipinski definition) is 7. The summed E-state index contributed by atoms with van der Waals surface area (Å²) in [6, 6.07) is 6.82. The Balaban J connectivity index is 1.50. The molecule has 2 aromatic heterocycles. The smallest absolute Gasteiger partial charge is 0.263 e. The number of aromatic nitrogens is 2. The van der Waals surface area contributed by atoms with Crippen LogP contribution in [-0.2, 0) is 24.1 Å². The van der Waals surface area contributed by atoms with Gasteiger partial charge in [-0.05, 0) is 43.4 Å². The second-order valence-electron chi connectivity index (χ2n) is 7.59. The number of imide groups is 1. The molecule has 2 amide bonds. The van der Waals surface area contributed by atoms with Crippen molar-refractivity contribution in [1.29, 1.82) is 0 Å². The topological polar surface area (TPSA) is 81.5 Å². The van der Waals surface area contributed by atoms with Gasteiger partial charge in [0.2, 0.25) is 0 Å². The molecular weight excluding hydrogens is 434 g/mol. The highest BCUT2D eigenvalue weighted by molar-refractivity contribution is 7.99. The van der Waals surface area contributed by atoms with Gasteiger partial charge in [-0.15, -0.1) is 11.3 Å². The minimum atomic E-state index is -0.313. The van der Waals surface area contributed by atoms with E-state index in [4.69, 9.17) is 9.72 Å². The highest BCUT2D eigenvalue weighted by atomic mass is 32.2. The highest BCUT2D eigenvalue weighted by Crippen LogP contribution is 2.35. The quantitative estimate of drug-likeness (QED) is 0.322. The van der Waals surface area contributed by atoms with Gasteiger partial charge in [-0.1, -0.05) is 23.9 Å². The maximum absolute atomic E-state index is 13.4. The summed E-state index contributed by atoms with van der Waals surface area (Å²) in [7, 11) is 1.59. The molecule has 0 saturated heterocycles. The summed E-state index contributed by atoms with van der Waals surface area (Å²) in [5.74, 6) is -0.527. The fraction of sp³-hybridized carbons (Fsp3) is 0.364. The van der Waals surface area contributed by atoms with Gasteiger partial charge < -0.3 is 4.74 Å². The van der Waals surface area contributed by atoms with Crippen molar-refractivity contribution in [1.82, 2.24) is 14.5 Å². The molecule has 31 heavy (non-hydrogen) atoms. The molecule has 0 radical (unpaired) electrons. The normalized spacial score (nSPS) is 15.6. The average Bonchev–Trinajstić information content (AvgIpc) is 3.27. The summed E-state index contributed by atoms with van der Waals surface area (Å²) in [6.07, 6.45) is 4.13. The number of benzene rings is 1. The molecule has 0 spiro atoms. The third-order valence-electron chi connectivity index (χ3n) is 5.76. The van der Waals surface area contributed by atoms with Gasteiger partial charge in [0.05, 0.1) is 35.5 Å². The van der Waals surface area contributed by atoms with Gasteiger partial charge in [-0.3, -0.25) is 23.9 Å². The van der Waals surface area contributed by atoms with Gasteiger partial charge in [-0.25, -0.2) is 4.98 Å². The molecule has 0 bridgehead atoms. The number of ether oxygens (including phenoxy) is 1. The predicted molar refractivity (Wildman–Crippen MR) is 120 cm³/mol. The summed E-state index contributed by atoms with van der Waals surface area (Å²) in [4.78, 5) is 46.8. The summed E-state index contributed by atoms with van der Waals surface area (Å²) in [5.41, 5.74) is 1.91. The molecule has 2 aliphatic rings. The molecule has 5 rings (SSSR count). The van der Waals surface area contributed by atoms with Crippen molar-refractivity contribution in [2.24, 2.45) is 0 Å². The van der Waals surface area contributed by atoms with Crippen LogP contribution in [0.25, 0.3) is 10.2 Å². The molecular formula is C22H21N3O4S2. The third kappa shape index (κ3) is 3.40. The Bertz CT molecular complexity index is 1230. The van der Waals surface area contributed by atoms with Crippen molar-refractivity contribution >= 4 is 45.1 Å². The van der Waals surface area contributed by atoms with E-state index in [2.05, 4.69) is 0 Å². The fourth-order valence-electron chi connectivity index (χ4n) is 4.19. The van der Waals surface area contributed by atoms with Gasteiger partial charge in [0.15, 0.2) is 5.16 Å². The van der Waals surface area contributed by atoms with Crippen molar-refractivity contribution in [3.8, 4) is 0 Å². The monoisotopic (exact) mass is 455 g/mol. The summed E-state index contributed by atoms with van der Waals surface area (Å²) in [6.45, 7) is 0.743. The van der Waals surface area contributed by atoms with Crippen LogP contribution in [0, 0.1) is 0 Å². The van der Waals surface area contributed by atoms with E-state index in [0.29, 0.717) is 29.4 Å². The van der Waals surface area contributed by atoms with Crippen molar-refractivity contribution in [2.75, 3.05) is 19.6 Å². The van der Waals surface area contributed by atoms with Crippen LogP contribution in [0.2, 0.25) is 0 Å². The van der Waals surface area contributed by atoms with Crippen LogP contribution in [0.3, 0.4) is 0 Å². The lowest BCUT2D eigenvalue weighted by atomic mass is 9.97. The van der Waals surface area contributed by atoms with Gasteiger partial charge in [0.1, 0.15) is 4.83 Å².